The number of rotatable bonds is 3. The number of carbonyl (C=O) groups excluding carboxylic acids is 1. The van der Waals surface area contributed by atoms with Gasteiger partial charge in [-0.1, -0.05) is 6.07 Å². The van der Waals surface area contributed by atoms with Crippen molar-refractivity contribution in [2.75, 3.05) is 0 Å². The molecular formula is C19H20FN5O. The maximum atomic E-state index is 14.0. The van der Waals surface area contributed by atoms with Crippen molar-refractivity contribution in [2.45, 2.75) is 37.8 Å². The number of amides is 1. The van der Waals surface area contributed by atoms with Crippen molar-refractivity contribution in [3.8, 4) is 11.1 Å². The number of hydrogen-bond donors (Lipinski definition) is 3. The van der Waals surface area contributed by atoms with Crippen LogP contribution in [0.1, 0.15) is 36.2 Å². The fraction of sp³-hybridized carbons (Fsp3) is 0.316. The van der Waals surface area contributed by atoms with Crippen molar-refractivity contribution < 1.29 is 9.18 Å². The smallest absolute Gasteiger partial charge is 0.272 e. The van der Waals surface area contributed by atoms with E-state index in [4.69, 9.17) is 5.73 Å². The maximum Gasteiger partial charge on any atom is 0.272 e. The van der Waals surface area contributed by atoms with E-state index in [1.165, 1.54) is 6.20 Å². The molecule has 0 bridgehead atoms. The monoisotopic (exact) mass is 353 g/mol. The van der Waals surface area contributed by atoms with Crippen molar-refractivity contribution in [1.29, 1.82) is 0 Å². The maximum absolute atomic E-state index is 14.0. The van der Waals surface area contributed by atoms with Gasteiger partial charge in [0.2, 0.25) is 5.95 Å². The molecule has 2 aromatic heterocycles. The minimum Gasteiger partial charge on any atom is -0.348 e. The van der Waals surface area contributed by atoms with Gasteiger partial charge in [0.1, 0.15) is 0 Å². The van der Waals surface area contributed by atoms with E-state index in [9.17, 15) is 9.18 Å². The summed E-state index contributed by atoms with van der Waals surface area (Å²) >= 11 is 0. The lowest BCUT2D eigenvalue weighted by molar-refractivity contribution is 0.0922. The summed E-state index contributed by atoms with van der Waals surface area (Å²) in [6, 6.07) is 9.03. The van der Waals surface area contributed by atoms with Gasteiger partial charge in [0.05, 0.1) is 5.52 Å². The van der Waals surface area contributed by atoms with E-state index >= 15 is 0 Å². The van der Waals surface area contributed by atoms with E-state index in [0.717, 1.165) is 31.2 Å². The SMILES string of the molecule is NC1CCC(NC(=O)c2n[nH]c3ccc(-c4cccnc4F)cc23)CC1. The number of nitrogens with one attached hydrogen (secondary N) is 2. The Morgan fingerprint density at radius 2 is 2.04 bits per heavy atom. The van der Waals surface area contributed by atoms with Gasteiger partial charge in [-0.15, -0.1) is 0 Å². The molecule has 1 aromatic carbocycles. The number of benzene rings is 1. The highest BCUT2D eigenvalue weighted by molar-refractivity contribution is 6.05. The van der Waals surface area contributed by atoms with Crippen LogP contribution in [0.4, 0.5) is 4.39 Å². The molecule has 6 nitrogen and oxygen atoms in total. The second-order valence-electron chi connectivity index (χ2n) is 6.76. The van der Waals surface area contributed by atoms with Crippen molar-refractivity contribution in [2.24, 2.45) is 5.73 Å². The summed E-state index contributed by atoms with van der Waals surface area (Å²) in [6.07, 6.45) is 4.99. The summed E-state index contributed by atoms with van der Waals surface area (Å²) in [4.78, 5) is 16.4. The summed E-state index contributed by atoms with van der Waals surface area (Å²) in [5.41, 5.74) is 8.01. The lowest BCUT2D eigenvalue weighted by atomic mass is 9.92. The number of hydrogen-bond acceptors (Lipinski definition) is 4. The van der Waals surface area contributed by atoms with Gasteiger partial charge in [-0.05, 0) is 55.5 Å². The van der Waals surface area contributed by atoms with Crippen LogP contribution in [0.3, 0.4) is 0 Å². The third-order valence-corrected chi connectivity index (χ3v) is 4.96. The van der Waals surface area contributed by atoms with E-state index in [2.05, 4.69) is 20.5 Å². The van der Waals surface area contributed by atoms with Gasteiger partial charge in [0, 0.05) is 29.2 Å². The van der Waals surface area contributed by atoms with Crippen LogP contribution >= 0.6 is 0 Å². The largest absolute Gasteiger partial charge is 0.348 e. The molecule has 1 fully saturated rings. The number of aromatic nitrogens is 3. The molecule has 4 N–H and O–H groups in total. The van der Waals surface area contributed by atoms with Crippen molar-refractivity contribution in [1.82, 2.24) is 20.5 Å². The molecule has 1 amide bonds. The number of nitrogens with zero attached hydrogens (tertiary/aromatic N) is 2. The standard InChI is InChI=1S/C19H20FN5O/c20-18-14(2-1-9-22-18)11-3-8-16-15(10-11)17(25-24-16)19(26)23-13-6-4-12(21)5-7-13/h1-3,8-10,12-13H,4-7,21H2,(H,23,26)(H,24,25). The van der Waals surface area contributed by atoms with Crippen LogP contribution in [0.25, 0.3) is 22.0 Å². The molecule has 4 rings (SSSR count). The summed E-state index contributed by atoms with van der Waals surface area (Å²) in [5, 5.41) is 10.7. The molecule has 0 aliphatic heterocycles. The highest BCUT2D eigenvalue weighted by atomic mass is 19.1. The van der Waals surface area contributed by atoms with Crippen molar-refractivity contribution >= 4 is 16.8 Å². The predicted molar refractivity (Wildman–Crippen MR) is 97.0 cm³/mol. The van der Waals surface area contributed by atoms with Gasteiger partial charge < -0.3 is 11.1 Å². The van der Waals surface area contributed by atoms with Crippen LogP contribution in [-0.2, 0) is 0 Å². The van der Waals surface area contributed by atoms with Crippen LogP contribution in [0.2, 0.25) is 0 Å². The van der Waals surface area contributed by atoms with E-state index in [1.54, 1.807) is 30.3 Å². The first-order valence-corrected chi connectivity index (χ1v) is 8.77. The third-order valence-electron chi connectivity index (χ3n) is 4.96. The zero-order chi connectivity index (χ0) is 18.1. The Morgan fingerprint density at radius 1 is 1.23 bits per heavy atom. The number of carbonyl (C=O) groups is 1. The van der Waals surface area contributed by atoms with Gasteiger partial charge in [-0.2, -0.15) is 9.49 Å². The van der Waals surface area contributed by atoms with Gasteiger partial charge in [0.25, 0.3) is 5.91 Å². The number of aromatic amines is 1. The van der Waals surface area contributed by atoms with E-state index in [0.29, 0.717) is 22.2 Å². The molecule has 0 saturated heterocycles. The molecule has 3 aromatic rings. The quantitative estimate of drug-likeness (QED) is 0.631. The molecule has 0 radical (unpaired) electrons. The molecule has 1 saturated carbocycles. The molecule has 7 heteroatoms. The van der Waals surface area contributed by atoms with Crippen LogP contribution < -0.4 is 11.1 Å². The Hall–Kier alpha value is -2.80. The summed E-state index contributed by atoms with van der Waals surface area (Å²) in [7, 11) is 0. The average Bonchev–Trinajstić information content (AvgIpc) is 3.07. The summed E-state index contributed by atoms with van der Waals surface area (Å²) in [6.45, 7) is 0. The van der Waals surface area contributed by atoms with Gasteiger partial charge >= 0.3 is 0 Å². The zero-order valence-electron chi connectivity index (χ0n) is 14.2. The molecule has 0 spiro atoms. The molecule has 0 unspecified atom stereocenters. The lowest BCUT2D eigenvalue weighted by Crippen LogP contribution is -2.40. The van der Waals surface area contributed by atoms with Gasteiger partial charge in [-0.25, -0.2) is 4.98 Å². The molecule has 0 atom stereocenters. The molecule has 134 valence electrons. The van der Waals surface area contributed by atoms with Crippen molar-refractivity contribution in [3.05, 3.63) is 48.2 Å². The number of halogens is 1. The highest BCUT2D eigenvalue weighted by Crippen LogP contribution is 2.27. The highest BCUT2D eigenvalue weighted by Gasteiger charge is 2.23. The first kappa shape index (κ1) is 16.7. The lowest BCUT2D eigenvalue weighted by Gasteiger charge is -2.26. The average molecular weight is 353 g/mol. The summed E-state index contributed by atoms with van der Waals surface area (Å²) < 4.78 is 14.0. The van der Waals surface area contributed by atoms with Crippen molar-refractivity contribution in [3.63, 3.8) is 0 Å². The van der Waals surface area contributed by atoms with Crippen LogP contribution in [0.15, 0.2) is 36.5 Å². The Balaban J connectivity index is 1.62. The van der Waals surface area contributed by atoms with Crippen LogP contribution in [0.5, 0.6) is 0 Å². The Labute approximate surface area is 150 Å². The van der Waals surface area contributed by atoms with Crippen LogP contribution in [-0.4, -0.2) is 33.2 Å². The zero-order valence-corrected chi connectivity index (χ0v) is 14.2. The topological polar surface area (TPSA) is 96.7 Å². The first-order chi connectivity index (χ1) is 12.6. The first-order valence-electron chi connectivity index (χ1n) is 8.77. The van der Waals surface area contributed by atoms with E-state index < -0.39 is 5.95 Å². The number of pyridine rings is 1. The molecule has 26 heavy (non-hydrogen) atoms. The fourth-order valence-corrected chi connectivity index (χ4v) is 3.47. The second kappa shape index (κ2) is 6.84. The minimum absolute atomic E-state index is 0.119. The van der Waals surface area contributed by atoms with Gasteiger partial charge in [-0.3, -0.25) is 9.89 Å². The summed E-state index contributed by atoms with van der Waals surface area (Å²) in [5.74, 6) is -0.763. The molecule has 2 heterocycles. The number of H-pyrrole nitrogens is 1. The normalized spacial score (nSPS) is 20.2. The van der Waals surface area contributed by atoms with E-state index in [1.807, 2.05) is 0 Å². The van der Waals surface area contributed by atoms with Crippen LogP contribution in [0, 0.1) is 5.95 Å². The molecule has 1 aliphatic rings. The Kier molecular flexibility index (Phi) is 4.38. The second-order valence-corrected chi connectivity index (χ2v) is 6.76. The third kappa shape index (κ3) is 3.17. The molecule has 1 aliphatic carbocycles. The Morgan fingerprint density at radius 3 is 2.81 bits per heavy atom. The molecular weight excluding hydrogens is 333 g/mol. The van der Waals surface area contributed by atoms with Gasteiger partial charge in [0.15, 0.2) is 5.69 Å². The van der Waals surface area contributed by atoms with E-state index in [-0.39, 0.29) is 18.0 Å². The number of nitrogens with two attached hydrogens (primary N) is 1. The minimum atomic E-state index is -0.542. The number of fused-ring (bicyclic) bond motifs is 1. The Bertz CT molecular complexity index is 946. The fourth-order valence-electron chi connectivity index (χ4n) is 3.47. The predicted octanol–water partition coefficient (Wildman–Crippen LogP) is 2.76.